The number of hydrogen-bond acceptors (Lipinski definition) is 6. The Morgan fingerprint density at radius 3 is 2.95 bits per heavy atom. The predicted molar refractivity (Wildman–Crippen MR) is 85.1 cm³/mol. The first-order valence-electron chi connectivity index (χ1n) is 7.39. The molecule has 1 saturated heterocycles. The van der Waals surface area contributed by atoms with Gasteiger partial charge in [-0.2, -0.15) is 0 Å². The van der Waals surface area contributed by atoms with E-state index >= 15 is 0 Å². The third-order valence-electron chi connectivity index (χ3n) is 3.76. The number of hydrogen-bond donors (Lipinski definition) is 1. The molecule has 0 spiro atoms. The van der Waals surface area contributed by atoms with Crippen LogP contribution in [-0.4, -0.2) is 35.8 Å². The molecule has 3 rings (SSSR count). The number of aryl methyl sites for hydroxylation is 2. The molecule has 0 amide bonds. The normalized spacial score (nSPS) is 18.5. The van der Waals surface area contributed by atoms with Crippen molar-refractivity contribution in [2.45, 2.75) is 39.9 Å². The van der Waals surface area contributed by atoms with Crippen molar-refractivity contribution in [2.24, 2.45) is 0 Å². The van der Waals surface area contributed by atoms with Crippen molar-refractivity contribution < 1.29 is 9.47 Å². The molecular weight excluding hydrogens is 286 g/mol. The molecule has 0 bridgehead atoms. The molecule has 0 aliphatic carbocycles. The van der Waals surface area contributed by atoms with Gasteiger partial charge in [0, 0.05) is 18.0 Å². The van der Waals surface area contributed by atoms with E-state index in [1.54, 1.807) is 11.3 Å². The third-order valence-corrected chi connectivity index (χ3v) is 4.86. The summed E-state index contributed by atoms with van der Waals surface area (Å²) in [6, 6.07) is 0. The number of ether oxygens (including phenoxy) is 2. The fraction of sp³-hybridized carbons (Fsp3) is 0.600. The van der Waals surface area contributed by atoms with Gasteiger partial charge < -0.3 is 14.8 Å². The van der Waals surface area contributed by atoms with Crippen LogP contribution in [0.25, 0.3) is 10.2 Å². The van der Waals surface area contributed by atoms with Gasteiger partial charge in [0.05, 0.1) is 18.1 Å². The first-order chi connectivity index (χ1) is 10.2. The van der Waals surface area contributed by atoms with Gasteiger partial charge in [-0.05, 0) is 32.8 Å². The Morgan fingerprint density at radius 1 is 1.38 bits per heavy atom. The summed E-state index contributed by atoms with van der Waals surface area (Å²) >= 11 is 1.72. The van der Waals surface area contributed by atoms with Crippen molar-refractivity contribution in [1.82, 2.24) is 9.97 Å². The van der Waals surface area contributed by atoms with E-state index < -0.39 is 0 Å². The van der Waals surface area contributed by atoms with Gasteiger partial charge in [0.15, 0.2) is 5.82 Å². The van der Waals surface area contributed by atoms with Crippen molar-refractivity contribution in [3.63, 3.8) is 0 Å². The molecule has 2 aromatic heterocycles. The van der Waals surface area contributed by atoms with Crippen molar-refractivity contribution >= 4 is 27.4 Å². The second-order valence-corrected chi connectivity index (χ2v) is 6.48. The standard InChI is InChI=1S/C15H21N3O2S/c1-4-16-14-13-9(2)10(3)21-15(13)18-12(17-14)8-20-11-5-6-19-7-11/h11H,4-8H2,1-3H3,(H,16,17,18). The molecule has 1 fully saturated rings. The highest BCUT2D eigenvalue weighted by Gasteiger charge is 2.18. The lowest BCUT2D eigenvalue weighted by atomic mass is 10.2. The van der Waals surface area contributed by atoms with Crippen LogP contribution in [0.4, 0.5) is 5.82 Å². The van der Waals surface area contributed by atoms with Crippen LogP contribution < -0.4 is 5.32 Å². The van der Waals surface area contributed by atoms with Crippen LogP contribution in [0.2, 0.25) is 0 Å². The Balaban J connectivity index is 1.88. The molecule has 1 unspecified atom stereocenters. The van der Waals surface area contributed by atoms with E-state index in [0.717, 1.165) is 41.4 Å². The highest BCUT2D eigenvalue weighted by molar-refractivity contribution is 7.18. The summed E-state index contributed by atoms with van der Waals surface area (Å²) in [5.41, 5.74) is 1.27. The number of thiophene rings is 1. The van der Waals surface area contributed by atoms with E-state index in [9.17, 15) is 0 Å². The highest BCUT2D eigenvalue weighted by atomic mass is 32.1. The van der Waals surface area contributed by atoms with Crippen LogP contribution in [0, 0.1) is 13.8 Å². The molecule has 114 valence electrons. The van der Waals surface area contributed by atoms with Gasteiger partial charge in [0.25, 0.3) is 0 Å². The molecule has 2 aromatic rings. The Morgan fingerprint density at radius 2 is 2.24 bits per heavy atom. The van der Waals surface area contributed by atoms with Crippen molar-refractivity contribution in [1.29, 1.82) is 0 Å². The van der Waals surface area contributed by atoms with Crippen LogP contribution in [0.5, 0.6) is 0 Å². The summed E-state index contributed by atoms with van der Waals surface area (Å²) in [5, 5.41) is 4.49. The second kappa shape index (κ2) is 6.25. The third kappa shape index (κ3) is 3.02. The summed E-state index contributed by atoms with van der Waals surface area (Å²) in [6.45, 7) is 9.09. The zero-order chi connectivity index (χ0) is 14.8. The Labute approximate surface area is 128 Å². The van der Waals surface area contributed by atoms with E-state index in [1.165, 1.54) is 10.4 Å². The number of aromatic nitrogens is 2. The summed E-state index contributed by atoms with van der Waals surface area (Å²) < 4.78 is 11.2. The quantitative estimate of drug-likeness (QED) is 0.920. The number of fused-ring (bicyclic) bond motifs is 1. The summed E-state index contributed by atoms with van der Waals surface area (Å²) in [7, 11) is 0. The zero-order valence-corrected chi connectivity index (χ0v) is 13.5. The molecule has 1 aliphatic heterocycles. The molecule has 5 nitrogen and oxygen atoms in total. The van der Waals surface area contributed by atoms with Crippen molar-refractivity contribution in [2.75, 3.05) is 25.1 Å². The molecule has 6 heteroatoms. The number of nitrogens with one attached hydrogen (secondary N) is 1. The molecule has 0 radical (unpaired) electrons. The minimum atomic E-state index is 0.179. The molecular formula is C15H21N3O2S. The van der Waals surface area contributed by atoms with Crippen molar-refractivity contribution in [3.05, 3.63) is 16.3 Å². The predicted octanol–water partition coefficient (Wildman–Crippen LogP) is 3.05. The Bertz CT molecular complexity index is 635. The minimum Gasteiger partial charge on any atom is -0.379 e. The molecule has 21 heavy (non-hydrogen) atoms. The van der Waals surface area contributed by atoms with E-state index in [4.69, 9.17) is 9.47 Å². The van der Waals surface area contributed by atoms with Crippen LogP contribution in [0.1, 0.15) is 29.6 Å². The molecule has 1 N–H and O–H groups in total. The van der Waals surface area contributed by atoms with Crippen LogP contribution in [0.3, 0.4) is 0 Å². The van der Waals surface area contributed by atoms with Gasteiger partial charge in [0.2, 0.25) is 0 Å². The molecule has 1 aliphatic rings. The van der Waals surface area contributed by atoms with E-state index in [1.807, 2.05) is 0 Å². The average Bonchev–Trinajstić information content (AvgIpc) is 3.06. The lowest BCUT2D eigenvalue weighted by Gasteiger charge is -2.11. The number of rotatable bonds is 5. The maximum absolute atomic E-state index is 5.83. The fourth-order valence-corrected chi connectivity index (χ4v) is 3.54. The summed E-state index contributed by atoms with van der Waals surface area (Å²) in [6.07, 6.45) is 1.14. The molecule has 3 heterocycles. The molecule has 1 atom stereocenters. The van der Waals surface area contributed by atoms with E-state index in [-0.39, 0.29) is 6.10 Å². The largest absolute Gasteiger partial charge is 0.379 e. The van der Waals surface area contributed by atoms with Gasteiger partial charge in [-0.15, -0.1) is 11.3 Å². The van der Waals surface area contributed by atoms with E-state index in [0.29, 0.717) is 13.2 Å². The number of anilines is 1. The van der Waals surface area contributed by atoms with Crippen molar-refractivity contribution in [3.8, 4) is 0 Å². The van der Waals surface area contributed by atoms with E-state index in [2.05, 4.69) is 36.1 Å². The lowest BCUT2D eigenvalue weighted by molar-refractivity contribution is 0.0286. The lowest BCUT2D eigenvalue weighted by Crippen LogP contribution is -2.14. The number of nitrogens with zero attached hydrogens (tertiary/aromatic N) is 2. The SMILES string of the molecule is CCNc1nc(COC2CCOC2)nc2sc(C)c(C)c12. The minimum absolute atomic E-state index is 0.179. The van der Waals surface area contributed by atoms with Crippen LogP contribution in [-0.2, 0) is 16.1 Å². The van der Waals surface area contributed by atoms with Gasteiger partial charge in [-0.3, -0.25) is 0 Å². The fourth-order valence-electron chi connectivity index (χ4n) is 2.49. The first kappa shape index (κ1) is 14.7. The topological polar surface area (TPSA) is 56.3 Å². The van der Waals surface area contributed by atoms with Gasteiger partial charge in [0.1, 0.15) is 17.3 Å². The summed E-state index contributed by atoms with van der Waals surface area (Å²) in [5.74, 6) is 1.66. The Hall–Kier alpha value is -1.24. The monoisotopic (exact) mass is 307 g/mol. The van der Waals surface area contributed by atoms with Gasteiger partial charge in [-0.1, -0.05) is 0 Å². The maximum Gasteiger partial charge on any atom is 0.158 e. The van der Waals surface area contributed by atoms with Crippen LogP contribution in [0.15, 0.2) is 0 Å². The van der Waals surface area contributed by atoms with Gasteiger partial charge in [-0.25, -0.2) is 9.97 Å². The second-order valence-electron chi connectivity index (χ2n) is 5.28. The smallest absolute Gasteiger partial charge is 0.158 e. The Kier molecular flexibility index (Phi) is 4.37. The van der Waals surface area contributed by atoms with Crippen LogP contribution >= 0.6 is 11.3 Å². The highest BCUT2D eigenvalue weighted by Crippen LogP contribution is 2.33. The van der Waals surface area contributed by atoms with Gasteiger partial charge >= 0.3 is 0 Å². The first-order valence-corrected chi connectivity index (χ1v) is 8.20. The molecule has 0 aromatic carbocycles. The average molecular weight is 307 g/mol. The molecule has 0 saturated carbocycles. The maximum atomic E-state index is 5.83. The zero-order valence-electron chi connectivity index (χ0n) is 12.7. The summed E-state index contributed by atoms with van der Waals surface area (Å²) in [4.78, 5) is 11.6.